The van der Waals surface area contributed by atoms with Crippen LogP contribution >= 0.6 is 0 Å². The molecule has 0 unspecified atom stereocenters. The summed E-state index contributed by atoms with van der Waals surface area (Å²) in [5, 5.41) is 11.8. The smallest absolute Gasteiger partial charge is 0.416 e. The zero-order valence-corrected chi connectivity index (χ0v) is 24.6. The van der Waals surface area contributed by atoms with Crippen molar-refractivity contribution in [3.8, 4) is 11.5 Å². The van der Waals surface area contributed by atoms with Crippen molar-refractivity contribution in [2.45, 2.75) is 37.2 Å². The number of amides is 1. The second-order valence-electron chi connectivity index (χ2n) is 10.6. The minimum Gasteiger partial charge on any atom is -0.497 e. The number of aliphatic imine (C=N–C) groups is 1. The summed E-state index contributed by atoms with van der Waals surface area (Å²) in [6.45, 7) is 0.00535. The van der Waals surface area contributed by atoms with E-state index in [1.807, 2.05) is 30.3 Å². The number of carbonyl (C=O) groups excluding carboxylic acids is 1. The van der Waals surface area contributed by atoms with Crippen LogP contribution in [0.3, 0.4) is 0 Å². The highest BCUT2D eigenvalue weighted by Crippen LogP contribution is 2.43. The van der Waals surface area contributed by atoms with Gasteiger partial charge in [-0.05, 0) is 59.2 Å². The van der Waals surface area contributed by atoms with Gasteiger partial charge in [0.25, 0.3) is 5.91 Å². The maximum Gasteiger partial charge on any atom is 0.416 e. The monoisotopic (exact) mass is 618 g/mol. The van der Waals surface area contributed by atoms with Gasteiger partial charge >= 0.3 is 6.18 Å². The predicted molar refractivity (Wildman–Crippen MR) is 163 cm³/mol. The maximum atomic E-state index is 14.4. The Labute approximate surface area is 259 Å². The van der Waals surface area contributed by atoms with Gasteiger partial charge < -0.3 is 24.6 Å². The number of nitrogens with one attached hydrogen (secondary N) is 1. The summed E-state index contributed by atoms with van der Waals surface area (Å²) >= 11 is 0. The molecule has 7 nitrogen and oxygen atoms in total. The number of hydrogen-bond acceptors (Lipinski definition) is 6. The van der Waals surface area contributed by atoms with E-state index >= 15 is 0 Å². The summed E-state index contributed by atoms with van der Waals surface area (Å²) in [5.41, 5.74) is -0.489. The van der Waals surface area contributed by atoms with E-state index in [4.69, 9.17) is 24.3 Å². The number of aliphatic hydroxyl groups is 1. The van der Waals surface area contributed by atoms with Gasteiger partial charge in [-0.3, -0.25) is 4.79 Å². The number of alkyl halides is 3. The number of benzene rings is 4. The number of halogens is 3. The minimum atomic E-state index is -4.58. The van der Waals surface area contributed by atoms with Crippen molar-refractivity contribution < 1.29 is 37.3 Å². The summed E-state index contributed by atoms with van der Waals surface area (Å²) in [6, 6.07) is 28.5. The van der Waals surface area contributed by atoms with Crippen LogP contribution in [0.2, 0.25) is 0 Å². The second-order valence-corrected chi connectivity index (χ2v) is 10.6. The van der Waals surface area contributed by atoms with Gasteiger partial charge in [0.1, 0.15) is 11.5 Å². The number of hydrogen-bond donors (Lipinski definition) is 2. The number of rotatable bonds is 12. The molecule has 45 heavy (non-hydrogen) atoms. The molecule has 0 spiro atoms. The molecule has 1 aliphatic rings. The Morgan fingerprint density at radius 1 is 0.956 bits per heavy atom. The van der Waals surface area contributed by atoms with Crippen molar-refractivity contribution in [2.24, 2.45) is 4.99 Å². The first kappa shape index (κ1) is 31.6. The van der Waals surface area contributed by atoms with Gasteiger partial charge in [0, 0.05) is 31.6 Å². The highest BCUT2D eigenvalue weighted by molar-refractivity contribution is 6.01. The van der Waals surface area contributed by atoms with Crippen molar-refractivity contribution in [1.29, 1.82) is 0 Å². The average Bonchev–Trinajstić information content (AvgIpc) is 3.44. The van der Waals surface area contributed by atoms with Gasteiger partial charge in [-0.25, -0.2) is 4.99 Å². The second kappa shape index (κ2) is 13.9. The quantitative estimate of drug-likeness (QED) is 0.182. The molecule has 1 aliphatic heterocycles. The molecule has 0 radical (unpaired) electrons. The Morgan fingerprint density at radius 2 is 1.69 bits per heavy atom. The summed E-state index contributed by atoms with van der Waals surface area (Å²) < 4.78 is 58.9. The van der Waals surface area contributed by atoms with Crippen LogP contribution in [-0.4, -0.2) is 42.8 Å². The zero-order valence-electron chi connectivity index (χ0n) is 24.6. The molecule has 0 fully saturated rings. The Bertz CT molecular complexity index is 1630. The number of aliphatic hydroxyl groups excluding tert-OH is 1. The fourth-order valence-electron chi connectivity index (χ4n) is 5.27. The molecule has 1 amide bonds. The van der Waals surface area contributed by atoms with E-state index in [1.165, 1.54) is 25.3 Å². The van der Waals surface area contributed by atoms with Gasteiger partial charge in [0.15, 0.2) is 11.6 Å². The highest BCUT2D eigenvalue weighted by Gasteiger charge is 2.53. The number of carbonyl (C=O) groups is 1. The first-order valence-electron chi connectivity index (χ1n) is 14.5. The molecule has 2 atom stereocenters. The van der Waals surface area contributed by atoms with Gasteiger partial charge in [-0.2, -0.15) is 13.2 Å². The maximum absolute atomic E-state index is 14.4. The van der Waals surface area contributed by atoms with Crippen LogP contribution in [0.25, 0.3) is 0 Å². The predicted octanol–water partition coefficient (Wildman–Crippen LogP) is 6.29. The van der Waals surface area contributed by atoms with Crippen LogP contribution in [0.1, 0.15) is 40.3 Å². The molecule has 234 valence electrons. The minimum absolute atomic E-state index is 0.0156. The topological polar surface area (TPSA) is 89.4 Å². The van der Waals surface area contributed by atoms with E-state index < -0.39 is 29.3 Å². The molecule has 0 aromatic heterocycles. The van der Waals surface area contributed by atoms with Crippen molar-refractivity contribution in [1.82, 2.24) is 5.32 Å². The summed E-state index contributed by atoms with van der Waals surface area (Å²) in [7, 11) is 1.53. The van der Waals surface area contributed by atoms with E-state index in [1.54, 1.807) is 48.5 Å². The molecule has 10 heteroatoms. The number of ether oxygens (including phenoxy) is 3. The van der Waals surface area contributed by atoms with Crippen molar-refractivity contribution in [3.05, 3.63) is 131 Å². The Hall–Kier alpha value is -4.83. The normalized spacial score (nSPS) is 17.7. The van der Waals surface area contributed by atoms with Crippen molar-refractivity contribution in [2.75, 3.05) is 20.3 Å². The zero-order chi connectivity index (χ0) is 31.9. The third-order valence-electron chi connectivity index (χ3n) is 7.51. The Morgan fingerprint density at radius 3 is 2.40 bits per heavy atom. The fraction of sp³-hybridized carbons (Fsp3) is 0.257. The third kappa shape index (κ3) is 7.29. The van der Waals surface area contributed by atoms with E-state index in [9.17, 15) is 18.0 Å². The lowest BCUT2D eigenvalue weighted by Crippen LogP contribution is -2.49. The molecule has 0 saturated carbocycles. The first-order valence-corrected chi connectivity index (χ1v) is 14.5. The molecule has 0 saturated heterocycles. The average molecular weight is 619 g/mol. The van der Waals surface area contributed by atoms with Crippen LogP contribution in [-0.2, 0) is 28.7 Å². The van der Waals surface area contributed by atoms with Crippen LogP contribution in [0.4, 0.5) is 13.2 Å². The lowest BCUT2D eigenvalue weighted by atomic mass is 9.82. The van der Waals surface area contributed by atoms with Crippen LogP contribution in [0.15, 0.2) is 108 Å². The van der Waals surface area contributed by atoms with E-state index in [2.05, 4.69) is 5.32 Å². The lowest BCUT2D eigenvalue weighted by Gasteiger charge is -2.31. The molecule has 2 N–H and O–H groups in total. The van der Waals surface area contributed by atoms with Crippen LogP contribution in [0, 0.1) is 0 Å². The Kier molecular flexibility index (Phi) is 9.73. The largest absolute Gasteiger partial charge is 0.497 e. The molecular weight excluding hydrogens is 585 g/mol. The molecule has 1 heterocycles. The molecule has 0 bridgehead atoms. The summed E-state index contributed by atoms with van der Waals surface area (Å²) in [5.74, 6) is 0.746. The van der Waals surface area contributed by atoms with Gasteiger partial charge in [0.2, 0.25) is 5.90 Å². The molecule has 4 aromatic rings. The molecule has 0 aliphatic carbocycles. The number of nitrogens with zero attached hydrogens (tertiary/aromatic N) is 1. The van der Waals surface area contributed by atoms with E-state index in [0.29, 0.717) is 35.7 Å². The fourth-order valence-corrected chi connectivity index (χ4v) is 5.27. The highest BCUT2D eigenvalue weighted by atomic mass is 19.4. The van der Waals surface area contributed by atoms with Crippen LogP contribution in [0.5, 0.6) is 11.5 Å². The van der Waals surface area contributed by atoms with Crippen molar-refractivity contribution in [3.63, 3.8) is 0 Å². The number of methoxy groups -OCH3 is 1. The van der Waals surface area contributed by atoms with Crippen molar-refractivity contribution >= 4 is 11.8 Å². The lowest BCUT2D eigenvalue weighted by molar-refractivity contribution is -0.138. The molecular formula is C35H33F3N2O5. The first-order chi connectivity index (χ1) is 21.7. The standard InChI is InChI=1S/C35H33F3N2O5/c1-43-29-13-7-12-26(21-29)31-34(22-24-9-3-2-4-10-24,33(42)39-23-27-11-5-6-14-30(27)35(36,37)38)40-32(45-31)25-15-17-28(18-16-25)44-20-8-19-41/h2-7,9-18,21,31,41H,8,19-20,22-23H2,1H3,(H,39,42)/t31-,34-/m1/s1. The van der Waals surface area contributed by atoms with Gasteiger partial charge in [-0.1, -0.05) is 60.7 Å². The third-order valence-corrected chi connectivity index (χ3v) is 7.51. The summed E-state index contributed by atoms with van der Waals surface area (Å²) in [6.07, 6.45) is -4.93. The molecule has 5 rings (SSSR count). The van der Waals surface area contributed by atoms with Gasteiger partial charge in [0.05, 0.1) is 19.3 Å². The van der Waals surface area contributed by atoms with E-state index in [0.717, 1.165) is 11.6 Å². The Balaban J connectivity index is 1.57. The summed E-state index contributed by atoms with van der Waals surface area (Å²) in [4.78, 5) is 19.3. The van der Waals surface area contributed by atoms with Gasteiger partial charge in [-0.15, -0.1) is 0 Å². The van der Waals surface area contributed by atoms with Crippen LogP contribution < -0.4 is 14.8 Å². The SMILES string of the molecule is COc1cccc([C@H]2OC(c3ccc(OCCCO)cc3)=N[C@@]2(Cc2ccccc2)C(=O)NCc2ccccc2C(F)(F)F)c1. The van der Waals surface area contributed by atoms with E-state index in [-0.39, 0.29) is 31.0 Å². The molecule has 4 aromatic carbocycles.